The predicted molar refractivity (Wildman–Crippen MR) is 109 cm³/mol. The minimum atomic E-state index is -0.722. The first-order valence-electron chi connectivity index (χ1n) is 9.01. The molecule has 8 heteroatoms. The lowest BCUT2D eigenvalue weighted by Crippen LogP contribution is -2.33. The van der Waals surface area contributed by atoms with Gasteiger partial charge in [-0.2, -0.15) is 0 Å². The van der Waals surface area contributed by atoms with Gasteiger partial charge in [0.05, 0.1) is 12.2 Å². The van der Waals surface area contributed by atoms with Crippen LogP contribution in [0.5, 0.6) is 0 Å². The topological polar surface area (TPSA) is 120 Å². The standard InChI is InChI=1S/C21H25N3O5/c1-21(2,3)29-20(27)24-17-7-5-4-6-16(17)15-10-8-14(9-11-15)13-28-19(26)23-12-18(22)25/h4-11H,12-13H2,1-3H3,(H2,22,25)(H,23,26)(H,24,27). The minimum Gasteiger partial charge on any atom is -0.445 e. The molecule has 0 aliphatic carbocycles. The van der Waals surface area contributed by atoms with Crippen molar-refractivity contribution in [2.45, 2.75) is 33.0 Å². The van der Waals surface area contributed by atoms with Crippen LogP contribution in [0.1, 0.15) is 26.3 Å². The number of ether oxygens (including phenoxy) is 2. The van der Waals surface area contributed by atoms with Crippen molar-refractivity contribution in [2.24, 2.45) is 5.73 Å². The zero-order valence-corrected chi connectivity index (χ0v) is 16.7. The monoisotopic (exact) mass is 399 g/mol. The molecule has 0 saturated heterocycles. The Kier molecular flexibility index (Phi) is 7.19. The van der Waals surface area contributed by atoms with Crippen molar-refractivity contribution in [1.29, 1.82) is 0 Å². The van der Waals surface area contributed by atoms with E-state index < -0.39 is 23.7 Å². The summed E-state index contributed by atoms with van der Waals surface area (Å²) in [7, 11) is 0. The summed E-state index contributed by atoms with van der Waals surface area (Å²) in [6, 6.07) is 14.7. The summed E-state index contributed by atoms with van der Waals surface area (Å²) in [5, 5.41) is 5.01. The van der Waals surface area contributed by atoms with Crippen molar-refractivity contribution in [3.63, 3.8) is 0 Å². The zero-order valence-electron chi connectivity index (χ0n) is 16.7. The molecule has 0 radical (unpaired) electrons. The summed E-state index contributed by atoms with van der Waals surface area (Å²) in [5.74, 6) is -0.648. The highest BCUT2D eigenvalue weighted by Gasteiger charge is 2.17. The molecule has 8 nitrogen and oxygen atoms in total. The Morgan fingerprint density at radius 3 is 2.24 bits per heavy atom. The van der Waals surface area contributed by atoms with Crippen molar-refractivity contribution in [3.05, 3.63) is 54.1 Å². The third-order valence-corrected chi connectivity index (χ3v) is 3.60. The Morgan fingerprint density at radius 2 is 1.62 bits per heavy atom. The molecule has 154 valence electrons. The fourth-order valence-electron chi connectivity index (χ4n) is 2.40. The summed E-state index contributed by atoms with van der Waals surface area (Å²) >= 11 is 0. The average Bonchev–Trinajstić information content (AvgIpc) is 2.64. The van der Waals surface area contributed by atoms with Crippen LogP contribution in [0.3, 0.4) is 0 Å². The maximum absolute atomic E-state index is 12.1. The van der Waals surface area contributed by atoms with Crippen molar-refractivity contribution in [2.75, 3.05) is 11.9 Å². The van der Waals surface area contributed by atoms with Gasteiger partial charge < -0.3 is 20.5 Å². The van der Waals surface area contributed by atoms with Gasteiger partial charge in [0.1, 0.15) is 12.2 Å². The number of amides is 3. The molecule has 0 aromatic heterocycles. The fraction of sp³-hybridized carbons (Fsp3) is 0.286. The van der Waals surface area contributed by atoms with Crippen LogP contribution < -0.4 is 16.4 Å². The Hall–Kier alpha value is -3.55. The molecule has 4 N–H and O–H groups in total. The first kappa shape index (κ1) is 21.7. The Labute approximate surface area is 169 Å². The second-order valence-corrected chi connectivity index (χ2v) is 7.27. The number of hydrogen-bond donors (Lipinski definition) is 3. The lowest BCUT2D eigenvalue weighted by Gasteiger charge is -2.20. The highest BCUT2D eigenvalue weighted by Crippen LogP contribution is 2.28. The molecule has 3 amide bonds. The first-order chi connectivity index (χ1) is 13.6. The first-order valence-corrected chi connectivity index (χ1v) is 9.01. The smallest absolute Gasteiger partial charge is 0.412 e. The van der Waals surface area contributed by atoms with E-state index in [2.05, 4.69) is 10.6 Å². The van der Waals surface area contributed by atoms with Crippen LogP contribution in [0, 0.1) is 0 Å². The van der Waals surface area contributed by atoms with Crippen LogP contribution in [-0.4, -0.2) is 30.2 Å². The van der Waals surface area contributed by atoms with Gasteiger partial charge in [0, 0.05) is 5.56 Å². The molecule has 0 aliphatic rings. The van der Waals surface area contributed by atoms with E-state index in [9.17, 15) is 14.4 Å². The molecule has 2 aromatic carbocycles. The van der Waals surface area contributed by atoms with E-state index in [4.69, 9.17) is 15.2 Å². The number of anilines is 1. The summed E-state index contributed by atoms with van der Waals surface area (Å²) in [6.45, 7) is 5.16. The van der Waals surface area contributed by atoms with Crippen LogP contribution in [0.4, 0.5) is 15.3 Å². The van der Waals surface area contributed by atoms with Crippen LogP contribution in [0.15, 0.2) is 48.5 Å². The molecule has 0 fully saturated rings. The normalized spacial score (nSPS) is 10.7. The molecule has 0 bridgehead atoms. The number of para-hydroxylation sites is 1. The van der Waals surface area contributed by atoms with E-state index in [1.54, 1.807) is 39.0 Å². The third kappa shape index (κ3) is 7.53. The lowest BCUT2D eigenvalue weighted by molar-refractivity contribution is -0.117. The average molecular weight is 399 g/mol. The molecule has 29 heavy (non-hydrogen) atoms. The SMILES string of the molecule is CC(C)(C)OC(=O)Nc1ccccc1-c1ccc(COC(=O)NCC(N)=O)cc1. The lowest BCUT2D eigenvalue weighted by atomic mass is 10.0. The Bertz CT molecular complexity index is 873. The second-order valence-electron chi connectivity index (χ2n) is 7.27. The summed E-state index contributed by atoms with van der Waals surface area (Å²) in [4.78, 5) is 34.2. The maximum Gasteiger partial charge on any atom is 0.412 e. The number of alkyl carbamates (subject to hydrolysis) is 1. The predicted octanol–water partition coefficient (Wildman–Crippen LogP) is 3.41. The van der Waals surface area contributed by atoms with Gasteiger partial charge in [0.25, 0.3) is 0 Å². The number of carbonyl (C=O) groups excluding carboxylic acids is 3. The van der Waals surface area contributed by atoms with Crippen molar-refractivity contribution in [1.82, 2.24) is 5.32 Å². The number of benzene rings is 2. The van der Waals surface area contributed by atoms with Crippen molar-refractivity contribution >= 4 is 23.8 Å². The van der Waals surface area contributed by atoms with Gasteiger partial charge in [-0.1, -0.05) is 42.5 Å². The van der Waals surface area contributed by atoms with Crippen LogP contribution in [0.2, 0.25) is 0 Å². The van der Waals surface area contributed by atoms with Crippen LogP contribution >= 0.6 is 0 Å². The number of hydrogen-bond acceptors (Lipinski definition) is 5. The molecule has 0 aliphatic heterocycles. The van der Waals surface area contributed by atoms with Gasteiger partial charge >= 0.3 is 12.2 Å². The van der Waals surface area contributed by atoms with E-state index >= 15 is 0 Å². The molecule has 2 aromatic rings. The molecule has 2 rings (SSSR count). The molecule has 0 heterocycles. The highest BCUT2D eigenvalue weighted by atomic mass is 16.6. The van der Waals surface area contributed by atoms with E-state index in [1.807, 2.05) is 30.3 Å². The van der Waals surface area contributed by atoms with Crippen LogP contribution in [-0.2, 0) is 20.9 Å². The van der Waals surface area contributed by atoms with Gasteiger partial charge in [-0.05, 0) is 38.0 Å². The van der Waals surface area contributed by atoms with Gasteiger partial charge in [0.15, 0.2) is 0 Å². The Morgan fingerprint density at radius 1 is 0.966 bits per heavy atom. The van der Waals surface area contributed by atoms with Gasteiger partial charge in [0.2, 0.25) is 5.91 Å². The molecular formula is C21H25N3O5. The third-order valence-electron chi connectivity index (χ3n) is 3.60. The number of primary amides is 1. The fourth-order valence-corrected chi connectivity index (χ4v) is 2.40. The summed E-state index contributed by atoms with van der Waals surface area (Å²) < 4.78 is 10.3. The maximum atomic E-state index is 12.1. The summed E-state index contributed by atoms with van der Waals surface area (Å²) in [5.41, 5.74) is 7.44. The molecule has 0 unspecified atom stereocenters. The van der Waals surface area contributed by atoms with Crippen molar-refractivity contribution in [3.8, 4) is 11.1 Å². The zero-order chi connectivity index (χ0) is 21.4. The van der Waals surface area contributed by atoms with E-state index in [1.165, 1.54) is 0 Å². The minimum absolute atomic E-state index is 0.0443. The quantitative estimate of drug-likeness (QED) is 0.687. The molecular weight excluding hydrogens is 374 g/mol. The summed E-state index contributed by atoms with van der Waals surface area (Å²) in [6.07, 6.45) is -1.25. The van der Waals surface area contributed by atoms with E-state index in [0.29, 0.717) is 5.69 Å². The van der Waals surface area contributed by atoms with E-state index in [-0.39, 0.29) is 13.2 Å². The highest BCUT2D eigenvalue weighted by molar-refractivity contribution is 5.91. The number of nitrogens with one attached hydrogen (secondary N) is 2. The van der Waals surface area contributed by atoms with Crippen molar-refractivity contribution < 1.29 is 23.9 Å². The molecule has 0 spiro atoms. The molecule has 0 saturated carbocycles. The largest absolute Gasteiger partial charge is 0.445 e. The van der Waals surface area contributed by atoms with Crippen LogP contribution in [0.25, 0.3) is 11.1 Å². The van der Waals surface area contributed by atoms with E-state index in [0.717, 1.165) is 16.7 Å². The van der Waals surface area contributed by atoms with Gasteiger partial charge in [-0.15, -0.1) is 0 Å². The second kappa shape index (κ2) is 9.59. The number of nitrogens with two attached hydrogens (primary N) is 1. The molecule has 0 atom stereocenters. The Balaban J connectivity index is 2.03. The van der Waals surface area contributed by atoms with Gasteiger partial charge in [-0.3, -0.25) is 10.1 Å². The van der Waals surface area contributed by atoms with Gasteiger partial charge in [-0.25, -0.2) is 9.59 Å². The number of rotatable bonds is 6. The number of carbonyl (C=O) groups is 3.